The van der Waals surface area contributed by atoms with Gasteiger partial charge in [-0.15, -0.1) is 0 Å². The first-order valence-electron chi connectivity index (χ1n) is 7.86. The minimum atomic E-state index is -5.09. The molecule has 0 aliphatic heterocycles. The van der Waals surface area contributed by atoms with Crippen molar-refractivity contribution >= 4 is 23.8 Å². The predicted molar refractivity (Wildman–Crippen MR) is 96.6 cm³/mol. The van der Waals surface area contributed by atoms with E-state index in [2.05, 4.69) is 9.89 Å². The number of benzene rings is 1. The van der Waals surface area contributed by atoms with Gasteiger partial charge in [-0.05, 0) is 19.1 Å². The number of nitrogens with zero attached hydrogens (tertiary/aromatic N) is 3. The van der Waals surface area contributed by atoms with Crippen LogP contribution in [0.5, 0.6) is 0 Å². The Morgan fingerprint density at radius 2 is 1.93 bits per heavy atom. The standard InChI is InChI=1S/C16H13ClF4N4O5/c1-7(14(27)29-2)30-23-6-8-3-11(10(18)4-9(8)17)24-13(26)5-12(16(19,20)21)25(22)15(24)28/h3-7H,22H2,1-2H3/b23-6+/t7-/m0/s1. The lowest BCUT2D eigenvalue weighted by Gasteiger charge is -2.14. The maximum Gasteiger partial charge on any atom is 0.433 e. The second-order valence-electron chi connectivity index (χ2n) is 5.68. The Morgan fingerprint density at radius 1 is 1.30 bits per heavy atom. The molecule has 9 nitrogen and oxygen atoms in total. The average Bonchev–Trinajstić information content (AvgIpc) is 2.65. The number of hydrogen-bond donors (Lipinski definition) is 1. The molecule has 0 aliphatic carbocycles. The van der Waals surface area contributed by atoms with E-state index in [9.17, 15) is 31.9 Å². The van der Waals surface area contributed by atoms with Crippen LogP contribution in [-0.4, -0.2) is 34.6 Å². The van der Waals surface area contributed by atoms with Gasteiger partial charge in [0.05, 0.1) is 24.0 Å². The zero-order chi connectivity index (χ0) is 22.8. The third-order valence-electron chi connectivity index (χ3n) is 3.68. The number of alkyl halides is 3. The molecule has 0 radical (unpaired) electrons. The molecule has 1 atom stereocenters. The van der Waals surface area contributed by atoms with Crippen LogP contribution in [0.25, 0.3) is 5.69 Å². The smallest absolute Gasteiger partial charge is 0.433 e. The molecule has 0 saturated heterocycles. The van der Waals surface area contributed by atoms with Gasteiger partial charge < -0.3 is 15.4 Å². The second-order valence-corrected chi connectivity index (χ2v) is 6.09. The first-order valence-corrected chi connectivity index (χ1v) is 8.24. The molecule has 0 spiro atoms. The minimum absolute atomic E-state index is 0.0460. The number of aromatic nitrogens is 2. The second kappa shape index (κ2) is 8.57. The summed E-state index contributed by atoms with van der Waals surface area (Å²) in [4.78, 5) is 40.4. The molecule has 0 fully saturated rings. The minimum Gasteiger partial charge on any atom is -0.466 e. The highest BCUT2D eigenvalue weighted by Gasteiger charge is 2.36. The summed E-state index contributed by atoms with van der Waals surface area (Å²) in [6, 6.07) is 1.61. The molecule has 162 valence electrons. The van der Waals surface area contributed by atoms with Crippen molar-refractivity contribution in [1.29, 1.82) is 0 Å². The molecular weight excluding hydrogens is 440 g/mol. The van der Waals surface area contributed by atoms with Gasteiger partial charge >= 0.3 is 17.8 Å². The molecule has 2 N–H and O–H groups in total. The van der Waals surface area contributed by atoms with E-state index in [1.807, 2.05) is 0 Å². The van der Waals surface area contributed by atoms with Gasteiger partial charge in [0, 0.05) is 11.6 Å². The highest BCUT2D eigenvalue weighted by molar-refractivity contribution is 6.33. The summed E-state index contributed by atoms with van der Waals surface area (Å²) in [6.45, 7) is 1.33. The van der Waals surface area contributed by atoms with E-state index < -0.39 is 46.7 Å². The molecule has 30 heavy (non-hydrogen) atoms. The number of esters is 1. The predicted octanol–water partition coefficient (Wildman–Crippen LogP) is 1.44. The normalized spacial score (nSPS) is 12.8. The summed E-state index contributed by atoms with van der Waals surface area (Å²) < 4.78 is 57.2. The molecule has 2 rings (SSSR count). The van der Waals surface area contributed by atoms with Crippen LogP contribution in [0.3, 0.4) is 0 Å². The number of nitrogens with two attached hydrogens (primary N) is 1. The fourth-order valence-corrected chi connectivity index (χ4v) is 2.41. The number of ether oxygens (including phenoxy) is 1. The SMILES string of the molecule is COC(=O)[C@H](C)O/N=C/c1cc(-n2c(=O)cc(C(F)(F)F)n(N)c2=O)c(F)cc1Cl. The number of methoxy groups -OCH3 is 1. The van der Waals surface area contributed by atoms with Crippen LogP contribution in [-0.2, 0) is 20.5 Å². The Hall–Kier alpha value is -3.35. The quantitative estimate of drug-likeness (QED) is 0.241. The van der Waals surface area contributed by atoms with E-state index in [1.165, 1.54) is 6.92 Å². The van der Waals surface area contributed by atoms with Gasteiger partial charge in [-0.25, -0.2) is 23.2 Å². The topological polar surface area (TPSA) is 118 Å². The van der Waals surface area contributed by atoms with Gasteiger partial charge in [-0.1, -0.05) is 16.8 Å². The van der Waals surface area contributed by atoms with Crippen LogP contribution in [0.15, 0.2) is 32.9 Å². The van der Waals surface area contributed by atoms with Crippen molar-refractivity contribution in [2.24, 2.45) is 5.16 Å². The molecule has 1 heterocycles. The van der Waals surface area contributed by atoms with E-state index in [-0.39, 0.29) is 25.9 Å². The lowest BCUT2D eigenvalue weighted by atomic mass is 10.2. The van der Waals surface area contributed by atoms with Crippen LogP contribution >= 0.6 is 11.6 Å². The Balaban J connectivity index is 2.56. The van der Waals surface area contributed by atoms with Gasteiger partial charge in [0.1, 0.15) is 5.82 Å². The zero-order valence-electron chi connectivity index (χ0n) is 15.2. The summed E-state index contributed by atoms with van der Waals surface area (Å²) in [7, 11) is 1.13. The number of carbonyl (C=O) groups excluding carboxylic acids is 1. The van der Waals surface area contributed by atoms with Crippen LogP contribution < -0.4 is 17.1 Å². The number of nitrogen functional groups attached to an aromatic ring is 1. The number of carbonyl (C=O) groups is 1. The molecule has 1 aromatic carbocycles. The lowest BCUT2D eigenvalue weighted by Crippen LogP contribution is -2.45. The van der Waals surface area contributed by atoms with E-state index in [0.29, 0.717) is 6.07 Å². The van der Waals surface area contributed by atoms with Gasteiger partial charge in [0.15, 0.2) is 5.69 Å². The molecule has 2 aromatic rings. The van der Waals surface area contributed by atoms with Crippen molar-refractivity contribution in [2.45, 2.75) is 19.2 Å². The van der Waals surface area contributed by atoms with Crippen molar-refractivity contribution in [3.63, 3.8) is 0 Å². The Morgan fingerprint density at radius 3 is 2.50 bits per heavy atom. The van der Waals surface area contributed by atoms with Gasteiger partial charge in [-0.3, -0.25) is 4.79 Å². The first-order chi connectivity index (χ1) is 13.9. The van der Waals surface area contributed by atoms with E-state index in [0.717, 1.165) is 19.4 Å². The van der Waals surface area contributed by atoms with Crippen LogP contribution in [0.4, 0.5) is 17.6 Å². The molecule has 0 unspecified atom stereocenters. The van der Waals surface area contributed by atoms with Crippen molar-refractivity contribution in [2.75, 3.05) is 13.0 Å². The first kappa shape index (κ1) is 22.9. The number of oxime groups is 1. The molecule has 14 heteroatoms. The third-order valence-corrected chi connectivity index (χ3v) is 4.01. The largest absolute Gasteiger partial charge is 0.466 e. The fourth-order valence-electron chi connectivity index (χ4n) is 2.21. The van der Waals surface area contributed by atoms with Crippen LogP contribution in [0, 0.1) is 5.82 Å². The van der Waals surface area contributed by atoms with E-state index in [4.69, 9.17) is 22.3 Å². The summed E-state index contributed by atoms with van der Waals surface area (Å²) >= 11 is 5.87. The van der Waals surface area contributed by atoms with Gasteiger partial charge in [0.2, 0.25) is 6.10 Å². The Kier molecular flexibility index (Phi) is 6.55. The molecule has 0 aliphatic rings. The molecule has 0 amide bonds. The third kappa shape index (κ3) is 4.62. The maximum atomic E-state index is 14.4. The van der Waals surface area contributed by atoms with Crippen molar-refractivity contribution in [3.8, 4) is 5.69 Å². The summed E-state index contributed by atoms with van der Waals surface area (Å²) in [5.41, 5.74) is -5.65. The summed E-state index contributed by atoms with van der Waals surface area (Å²) in [5.74, 6) is 3.20. The van der Waals surface area contributed by atoms with Crippen molar-refractivity contribution in [3.05, 3.63) is 61.1 Å². The average molecular weight is 453 g/mol. The van der Waals surface area contributed by atoms with E-state index >= 15 is 0 Å². The van der Waals surface area contributed by atoms with Gasteiger partial charge in [0.25, 0.3) is 5.56 Å². The van der Waals surface area contributed by atoms with Crippen molar-refractivity contribution in [1.82, 2.24) is 9.24 Å². The zero-order valence-corrected chi connectivity index (χ0v) is 16.0. The molecule has 1 aromatic heterocycles. The number of hydrogen-bond acceptors (Lipinski definition) is 7. The highest BCUT2D eigenvalue weighted by Crippen LogP contribution is 2.27. The van der Waals surface area contributed by atoms with Crippen LogP contribution in [0.2, 0.25) is 5.02 Å². The molecule has 0 saturated carbocycles. The van der Waals surface area contributed by atoms with E-state index in [1.54, 1.807) is 0 Å². The number of halogens is 5. The van der Waals surface area contributed by atoms with Crippen molar-refractivity contribution < 1.29 is 31.9 Å². The number of rotatable bonds is 5. The fraction of sp³-hybridized carbons (Fsp3) is 0.250. The maximum absolute atomic E-state index is 14.4. The summed E-state index contributed by atoms with van der Waals surface area (Å²) in [5, 5.41) is 3.23. The van der Waals surface area contributed by atoms with Crippen LogP contribution in [0.1, 0.15) is 18.2 Å². The highest BCUT2D eigenvalue weighted by atomic mass is 35.5. The Bertz CT molecular complexity index is 1130. The Labute approximate surface area is 169 Å². The molecule has 0 bridgehead atoms. The molecular formula is C16H13ClF4N4O5. The monoisotopic (exact) mass is 452 g/mol. The lowest BCUT2D eigenvalue weighted by molar-refractivity contribution is -0.152. The summed E-state index contributed by atoms with van der Waals surface area (Å²) in [6.07, 6.45) is -5.25. The van der Waals surface area contributed by atoms with Gasteiger partial charge in [-0.2, -0.15) is 13.2 Å².